The van der Waals surface area contributed by atoms with Crippen molar-refractivity contribution in [2.45, 2.75) is 32.9 Å². The van der Waals surface area contributed by atoms with Crippen molar-refractivity contribution in [1.29, 1.82) is 0 Å². The van der Waals surface area contributed by atoms with Gasteiger partial charge in [0.15, 0.2) is 0 Å². The van der Waals surface area contributed by atoms with Crippen LogP contribution < -0.4 is 15.0 Å². The topological polar surface area (TPSA) is 54.5 Å². The Morgan fingerprint density at radius 2 is 1.72 bits per heavy atom. The maximum absolute atomic E-state index is 12.3. The lowest BCUT2D eigenvalue weighted by Crippen LogP contribution is -2.30. The molecule has 1 N–H and O–H groups in total. The summed E-state index contributed by atoms with van der Waals surface area (Å²) in [7, 11) is 1.62. The summed E-state index contributed by atoms with van der Waals surface area (Å²) < 4.78 is 5.14. The van der Waals surface area contributed by atoms with Gasteiger partial charge in [-0.1, -0.05) is 42.5 Å². The van der Waals surface area contributed by atoms with Gasteiger partial charge in [-0.25, -0.2) is 4.98 Å². The van der Waals surface area contributed by atoms with E-state index in [1.807, 2.05) is 60.8 Å². The van der Waals surface area contributed by atoms with Gasteiger partial charge in [0.05, 0.1) is 25.4 Å². The molecule has 0 unspecified atom stereocenters. The van der Waals surface area contributed by atoms with E-state index in [4.69, 9.17) is 4.74 Å². The molecule has 150 valence electrons. The number of carbonyl (C=O) groups excluding carboxylic acids is 1. The van der Waals surface area contributed by atoms with E-state index in [0.29, 0.717) is 18.3 Å². The standard InChI is InChI=1S/C24H27N3O2/c1-18(2)27(17-20-7-5-4-6-8-20)21-11-14-23(25-16-21)26-24(28)15-19-9-12-22(29-3)13-10-19/h4-14,16,18H,15,17H2,1-3H3,(H,25,26,28). The highest BCUT2D eigenvalue weighted by Crippen LogP contribution is 2.21. The molecular formula is C24H27N3O2. The Balaban J connectivity index is 1.62. The molecule has 0 fully saturated rings. The Labute approximate surface area is 172 Å². The molecule has 0 saturated carbocycles. The molecule has 5 nitrogen and oxygen atoms in total. The van der Waals surface area contributed by atoms with Gasteiger partial charge in [0.2, 0.25) is 5.91 Å². The van der Waals surface area contributed by atoms with Gasteiger partial charge >= 0.3 is 0 Å². The number of anilines is 2. The minimum Gasteiger partial charge on any atom is -0.497 e. The monoisotopic (exact) mass is 389 g/mol. The molecule has 0 bridgehead atoms. The van der Waals surface area contributed by atoms with Crippen LogP contribution in [0.5, 0.6) is 5.75 Å². The van der Waals surface area contributed by atoms with Crippen LogP contribution in [-0.2, 0) is 17.8 Å². The maximum atomic E-state index is 12.3. The summed E-state index contributed by atoms with van der Waals surface area (Å²) in [6, 6.07) is 22.0. The van der Waals surface area contributed by atoms with Gasteiger partial charge in [-0.3, -0.25) is 4.79 Å². The second-order valence-corrected chi connectivity index (χ2v) is 7.18. The molecule has 0 aliphatic carbocycles. The number of pyridine rings is 1. The average Bonchev–Trinajstić information content (AvgIpc) is 2.74. The van der Waals surface area contributed by atoms with Crippen molar-refractivity contribution in [3.63, 3.8) is 0 Å². The average molecular weight is 389 g/mol. The molecule has 0 saturated heterocycles. The van der Waals surface area contributed by atoms with Crippen molar-refractivity contribution in [1.82, 2.24) is 4.98 Å². The van der Waals surface area contributed by atoms with Gasteiger partial charge in [0, 0.05) is 12.6 Å². The summed E-state index contributed by atoms with van der Waals surface area (Å²) in [6.07, 6.45) is 2.10. The number of hydrogen-bond acceptors (Lipinski definition) is 4. The molecule has 3 aromatic rings. The van der Waals surface area contributed by atoms with Crippen molar-refractivity contribution in [3.8, 4) is 5.75 Å². The first-order chi connectivity index (χ1) is 14.0. The van der Waals surface area contributed by atoms with Crippen LogP contribution in [0.1, 0.15) is 25.0 Å². The summed E-state index contributed by atoms with van der Waals surface area (Å²) in [6.45, 7) is 5.13. The molecular weight excluding hydrogens is 362 g/mol. The van der Waals surface area contributed by atoms with E-state index >= 15 is 0 Å². The molecule has 1 heterocycles. The van der Waals surface area contributed by atoms with Crippen LogP contribution in [0.15, 0.2) is 72.9 Å². The lowest BCUT2D eigenvalue weighted by atomic mass is 10.1. The summed E-state index contributed by atoms with van der Waals surface area (Å²) in [4.78, 5) is 19.0. The number of nitrogens with zero attached hydrogens (tertiary/aromatic N) is 2. The van der Waals surface area contributed by atoms with Gasteiger partial charge < -0.3 is 15.0 Å². The number of hydrogen-bond donors (Lipinski definition) is 1. The second kappa shape index (κ2) is 9.73. The molecule has 1 aromatic heterocycles. The molecule has 0 spiro atoms. The Morgan fingerprint density at radius 1 is 1.00 bits per heavy atom. The predicted molar refractivity (Wildman–Crippen MR) is 117 cm³/mol. The van der Waals surface area contributed by atoms with E-state index in [1.54, 1.807) is 7.11 Å². The van der Waals surface area contributed by atoms with Crippen molar-refractivity contribution in [2.75, 3.05) is 17.3 Å². The number of carbonyl (C=O) groups is 1. The molecule has 0 aliphatic rings. The molecule has 0 radical (unpaired) electrons. The molecule has 0 atom stereocenters. The van der Waals surface area contributed by atoms with Crippen LogP contribution in [-0.4, -0.2) is 24.0 Å². The fourth-order valence-corrected chi connectivity index (χ4v) is 3.10. The number of methoxy groups -OCH3 is 1. The molecule has 0 aliphatic heterocycles. The Morgan fingerprint density at radius 3 is 2.31 bits per heavy atom. The van der Waals surface area contributed by atoms with Crippen molar-refractivity contribution >= 4 is 17.4 Å². The van der Waals surface area contributed by atoms with Gasteiger partial charge in [-0.05, 0) is 49.2 Å². The summed E-state index contributed by atoms with van der Waals surface area (Å²) in [5.74, 6) is 1.23. The van der Waals surface area contributed by atoms with Crippen LogP contribution in [0.25, 0.3) is 0 Å². The van der Waals surface area contributed by atoms with Gasteiger partial charge in [0.1, 0.15) is 11.6 Å². The lowest BCUT2D eigenvalue weighted by Gasteiger charge is -2.29. The van der Waals surface area contributed by atoms with E-state index < -0.39 is 0 Å². The highest BCUT2D eigenvalue weighted by atomic mass is 16.5. The zero-order chi connectivity index (χ0) is 20.6. The van der Waals surface area contributed by atoms with Crippen LogP contribution in [0, 0.1) is 0 Å². The summed E-state index contributed by atoms with van der Waals surface area (Å²) >= 11 is 0. The Hall–Kier alpha value is -3.34. The Kier molecular flexibility index (Phi) is 6.85. The number of aromatic nitrogens is 1. The predicted octanol–water partition coefficient (Wildman–Crippen LogP) is 4.69. The number of amides is 1. The van der Waals surface area contributed by atoms with E-state index in [0.717, 1.165) is 23.5 Å². The first kappa shape index (κ1) is 20.4. The third-order valence-corrected chi connectivity index (χ3v) is 4.69. The molecule has 29 heavy (non-hydrogen) atoms. The highest BCUT2D eigenvalue weighted by Gasteiger charge is 2.12. The summed E-state index contributed by atoms with van der Waals surface area (Å²) in [5.41, 5.74) is 3.20. The van der Waals surface area contributed by atoms with Gasteiger partial charge in [-0.2, -0.15) is 0 Å². The zero-order valence-electron chi connectivity index (χ0n) is 17.1. The minimum atomic E-state index is -0.0968. The van der Waals surface area contributed by atoms with E-state index in [-0.39, 0.29) is 5.91 Å². The maximum Gasteiger partial charge on any atom is 0.229 e. The lowest BCUT2D eigenvalue weighted by molar-refractivity contribution is -0.115. The first-order valence-electron chi connectivity index (χ1n) is 9.74. The first-order valence-corrected chi connectivity index (χ1v) is 9.74. The molecule has 5 heteroatoms. The zero-order valence-corrected chi connectivity index (χ0v) is 17.1. The van der Waals surface area contributed by atoms with Gasteiger partial charge in [0.25, 0.3) is 0 Å². The van der Waals surface area contributed by atoms with Crippen molar-refractivity contribution in [2.24, 2.45) is 0 Å². The summed E-state index contributed by atoms with van der Waals surface area (Å²) in [5, 5.41) is 2.86. The fraction of sp³-hybridized carbons (Fsp3) is 0.250. The number of ether oxygens (including phenoxy) is 1. The number of benzene rings is 2. The molecule has 2 aromatic carbocycles. The minimum absolute atomic E-state index is 0.0968. The fourth-order valence-electron chi connectivity index (χ4n) is 3.10. The Bertz CT molecular complexity index is 907. The normalized spacial score (nSPS) is 10.6. The van der Waals surface area contributed by atoms with Crippen molar-refractivity contribution < 1.29 is 9.53 Å². The second-order valence-electron chi connectivity index (χ2n) is 7.18. The third kappa shape index (κ3) is 5.82. The quantitative estimate of drug-likeness (QED) is 0.607. The largest absolute Gasteiger partial charge is 0.497 e. The van der Waals surface area contributed by atoms with Crippen LogP contribution in [0.4, 0.5) is 11.5 Å². The molecule has 1 amide bonds. The van der Waals surface area contributed by atoms with Crippen LogP contribution in [0.3, 0.4) is 0 Å². The van der Waals surface area contributed by atoms with E-state index in [9.17, 15) is 4.79 Å². The third-order valence-electron chi connectivity index (χ3n) is 4.69. The number of rotatable bonds is 8. The van der Waals surface area contributed by atoms with Crippen LogP contribution in [0.2, 0.25) is 0 Å². The van der Waals surface area contributed by atoms with E-state index in [1.165, 1.54) is 5.56 Å². The van der Waals surface area contributed by atoms with Crippen molar-refractivity contribution in [3.05, 3.63) is 84.1 Å². The van der Waals surface area contributed by atoms with E-state index in [2.05, 4.69) is 41.2 Å². The SMILES string of the molecule is COc1ccc(CC(=O)Nc2ccc(N(Cc3ccccc3)C(C)C)cn2)cc1. The smallest absolute Gasteiger partial charge is 0.229 e. The highest BCUT2D eigenvalue weighted by molar-refractivity contribution is 5.91. The molecule has 3 rings (SSSR count). The number of nitrogens with one attached hydrogen (secondary N) is 1. The van der Waals surface area contributed by atoms with Gasteiger partial charge in [-0.15, -0.1) is 0 Å². The van der Waals surface area contributed by atoms with Crippen LogP contribution >= 0.6 is 0 Å².